The zero-order chi connectivity index (χ0) is 49.5. The number of rotatable bonds is 8. The molecule has 0 fully saturated rings. The number of phenols is 1. The van der Waals surface area contributed by atoms with Crippen molar-refractivity contribution in [3.63, 3.8) is 0 Å². The number of aromatic nitrogens is 3. The molecule has 0 unspecified atom stereocenters. The van der Waals surface area contributed by atoms with Gasteiger partial charge in [-0.3, -0.25) is 9.55 Å². The number of para-hydroxylation sites is 1. The molecule has 0 aliphatic rings. The monoisotopic (exact) mass is 950 g/mol. The molecule has 0 radical (unpaired) electrons. The van der Waals surface area contributed by atoms with Crippen molar-refractivity contribution in [2.24, 2.45) is 0 Å². The topological polar surface area (TPSA) is 50.9 Å². The van der Waals surface area contributed by atoms with Crippen LogP contribution in [0.1, 0.15) is 97.6 Å². The van der Waals surface area contributed by atoms with Gasteiger partial charge >= 0.3 is 0 Å². The molecular formula is C53H50N3OPt-. The SMILES string of the molecule is [2H]c1nc(-c2[c-]c(-c3cccc4c3nc(-c3cc(C(C)C)cc(C(C)C)c3O)n4-c3ccc(-c4ccccc4)cc3C([2H])([2H])[2H])cc(C(C)(C)C)c2)c([2H])c(-c2c([2H])c([2H])c([2H])c([2H])c2[2H])c1[2H].[Pt]. The Morgan fingerprint density at radius 2 is 1.50 bits per heavy atom. The van der Waals surface area contributed by atoms with E-state index in [1.165, 1.54) is 0 Å². The number of aromatic hydroxyl groups is 1. The van der Waals surface area contributed by atoms with Crippen molar-refractivity contribution >= 4 is 11.0 Å². The minimum absolute atomic E-state index is 0. The van der Waals surface area contributed by atoms with Crippen LogP contribution in [-0.2, 0) is 26.5 Å². The van der Waals surface area contributed by atoms with Crippen LogP contribution in [0.4, 0.5) is 0 Å². The van der Waals surface area contributed by atoms with Gasteiger partial charge in [0.1, 0.15) is 11.6 Å². The van der Waals surface area contributed by atoms with E-state index in [2.05, 4.69) is 24.9 Å². The number of aryl methyl sites for hydroxylation is 1. The molecule has 58 heavy (non-hydrogen) atoms. The van der Waals surface area contributed by atoms with E-state index in [1.54, 1.807) is 22.8 Å². The molecule has 8 rings (SSSR count). The largest absolute Gasteiger partial charge is 0.507 e. The Morgan fingerprint density at radius 1 is 0.741 bits per heavy atom. The van der Waals surface area contributed by atoms with Crippen LogP contribution in [-0.4, -0.2) is 19.6 Å². The molecular weight excluding hydrogens is 890 g/mol. The first-order chi connectivity index (χ1) is 31.9. The average molecular weight is 951 g/mol. The fourth-order valence-corrected chi connectivity index (χ4v) is 7.13. The molecule has 0 spiro atoms. The summed E-state index contributed by atoms with van der Waals surface area (Å²) in [5, 5.41) is 12.2. The summed E-state index contributed by atoms with van der Waals surface area (Å²) in [5.74, 6) is 0.335. The summed E-state index contributed by atoms with van der Waals surface area (Å²) in [6.45, 7) is 11.6. The van der Waals surface area contributed by atoms with Crippen LogP contribution < -0.4 is 0 Å². The Morgan fingerprint density at radius 3 is 2.21 bits per heavy atom. The van der Waals surface area contributed by atoms with Gasteiger partial charge in [0.15, 0.2) is 0 Å². The maximum atomic E-state index is 12.2. The number of benzene rings is 6. The first-order valence-electron chi connectivity index (χ1n) is 24.6. The van der Waals surface area contributed by atoms with Crippen LogP contribution in [0.15, 0.2) is 139 Å². The van der Waals surface area contributed by atoms with Gasteiger partial charge in [0, 0.05) is 37.0 Å². The number of pyridine rings is 1. The molecule has 0 bridgehead atoms. The van der Waals surface area contributed by atoms with Crippen LogP contribution in [0.2, 0.25) is 0 Å². The van der Waals surface area contributed by atoms with Crippen molar-refractivity contribution in [2.75, 3.05) is 0 Å². The first kappa shape index (κ1) is 28.8. The van der Waals surface area contributed by atoms with Crippen molar-refractivity contribution < 1.29 is 41.3 Å². The Hall–Kier alpha value is -5.57. The van der Waals surface area contributed by atoms with Crippen LogP contribution >= 0.6 is 0 Å². The second-order valence-electron chi connectivity index (χ2n) is 16.0. The van der Waals surface area contributed by atoms with Gasteiger partial charge < -0.3 is 5.11 Å². The van der Waals surface area contributed by atoms with Crippen molar-refractivity contribution in [2.45, 2.75) is 72.6 Å². The third-order valence-electron chi connectivity index (χ3n) is 10.3. The van der Waals surface area contributed by atoms with Gasteiger partial charge in [0.25, 0.3) is 0 Å². The molecule has 1 N–H and O–H groups in total. The van der Waals surface area contributed by atoms with E-state index in [4.69, 9.17) is 18.7 Å². The molecule has 6 aromatic carbocycles. The summed E-state index contributed by atoms with van der Waals surface area (Å²) < 4.78 is 97.6. The molecule has 294 valence electrons. The molecule has 0 amide bonds. The fourth-order valence-electron chi connectivity index (χ4n) is 7.13. The zero-order valence-corrected chi connectivity index (χ0v) is 35.7. The summed E-state index contributed by atoms with van der Waals surface area (Å²) in [4.78, 5) is 9.73. The normalized spacial score (nSPS) is 14.6. The molecule has 8 aromatic rings. The average Bonchev–Trinajstić information content (AvgIpc) is 3.68. The van der Waals surface area contributed by atoms with Crippen LogP contribution in [0.3, 0.4) is 0 Å². The number of hydrogen-bond acceptors (Lipinski definition) is 3. The maximum Gasteiger partial charge on any atom is 0.148 e. The minimum Gasteiger partial charge on any atom is -0.507 e. The van der Waals surface area contributed by atoms with Crippen LogP contribution in [0.25, 0.3) is 72.7 Å². The molecule has 0 saturated heterocycles. The summed E-state index contributed by atoms with van der Waals surface area (Å²) >= 11 is 0. The number of phenolic OH excluding ortho intramolecular Hbond substituents is 1. The summed E-state index contributed by atoms with van der Waals surface area (Å²) in [6, 6.07) is 27.3. The maximum absolute atomic E-state index is 12.2. The van der Waals surface area contributed by atoms with Crippen molar-refractivity contribution in [3.8, 4) is 67.5 Å². The number of nitrogens with zero attached hydrogens (tertiary/aromatic N) is 3. The zero-order valence-electron chi connectivity index (χ0n) is 44.4. The van der Waals surface area contributed by atoms with E-state index >= 15 is 0 Å². The van der Waals surface area contributed by atoms with Gasteiger partial charge in [0.05, 0.1) is 33.3 Å². The second-order valence-corrected chi connectivity index (χ2v) is 16.0. The predicted octanol–water partition coefficient (Wildman–Crippen LogP) is 14.1. The molecule has 0 atom stereocenters. The van der Waals surface area contributed by atoms with Gasteiger partial charge in [-0.25, -0.2) is 4.98 Å². The summed E-state index contributed by atoms with van der Waals surface area (Å²) in [5.41, 5.74) is 5.82. The van der Waals surface area contributed by atoms with Gasteiger partial charge in [-0.15, -0.1) is 29.3 Å². The Balaban J connectivity index is 0.00000703. The van der Waals surface area contributed by atoms with E-state index in [0.717, 1.165) is 16.7 Å². The molecule has 0 aliphatic heterocycles. The Labute approximate surface area is 373 Å². The number of hydrogen-bond donors (Lipinski definition) is 1. The molecule has 4 nitrogen and oxygen atoms in total. The fraction of sp³-hybridized carbons (Fsp3) is 0.208. The molecule has 2 heterocycles. The van der Waals surface area contributed by atoms with E-state index in [0.29, 0.717) is 50.4 Å². The van der Waals surface area contributed by atoms with Gasteiger partial charge in [-0.05, 0) is 93.4 Å². The molecule has 0 aliphatic carbocycles. The van der Waals surface area contributed by atoms with E-state index in [1.807, 2.05) is 107 Å². The third kappa shape index (κ3) is 7.83. The van der Waals surface area contributed by atoms with Crippen molar-refractivity contribution in [1.29, 1.82) is 0 Å². The number of imidazole rings is 1. The van der Waals surface area contributed by atoms with Gasteiger partial charge in [-0.2, -0.15) is 0 Å². The van der Waals surface area contributed by atoms with E-state index in [-0.39, 0.29) is 66.6 Å². The summed E-state index contributed by atoms with van der Waals surface area (Å²) in [7, 11) is 0. The van der Waals surface area contributed by atoms with E-state index < -0.39 is 60.7 Å². The smallest absolute Gasteiger partial charge is 0.148 e. The second kappa shape index (κ2) is 16.4. The van der Waals surface area contributed by atoms with E-state index in [9.17, 15) is 6.48 Å². The Kier molecular flexibility index (Phi) is 8.11. The van der Waals surface area contributed by atoms with Crippen molar-refractivity contribution in [3.05, 3.63) is 168 Å². The molecule has 5 heteroatoms. The molecule has 0 saturated carbocycles. The van der Waals surface area contributed by atoms with Crippen molar-refractivity contribution in [1.82, 2.24) is 14.5 Å². The van der Waals surface area contributed by atoms with Gasteiger partial charge in [-0.1, -0.05) is 150 Å². The standard InChI is InChI=1S/C53H50N3O.Pt/c1-33(2)40-30-45(34(3)4)51(57)46(31-40)52-55-50-44(20-15-21-49(50)56(52)48-23-22-38(26-35(48)5)36-16-11-9-12-17-36)41-27-42(29-43(28-41)53(6,7)8)47-32-39(24-25-54-47)37-18-13-10-14-19-37;/h9-26,28-34,57H,1-8H3;/q-1;/i5D3,10D,13D,14D,18D,19D,24D,25D,32D;. The number of fused-ring (bicyclic) bond motifs is 1. The first-order valence-corrected chi connectivity index (χ1v) is 19.1. The van der Waals surface area contributed by atoms with Crippen LogP contribution in [0, 0.1) is 12.9 Å². The minimum atomic E-state index is -2.58. The van der Waals surface area contributed by atoms with Gasteiger partial charge in [0.2, 0.25) is 0 Å². The molecule has 2 aromatic heterocycles. The third-order valence-corrected chi connectivity index (χ3v) is 10.3. The Bertz CT molecular complexity index is 3290. The predicted molar refractivity (Wildman–Crippen MR) is 238 cm³/mol. The van der Waals surface area contributed by atoms with Crippen LogP contribution in [0.5, 0.6) is 5.75 Å². The quantitative estimate of drug-likeness (QED) is 0.154. The summed E-state index contributed by atoms with van der Waals surface area (Å²) in [6.07, 6.45) is -0.563.